The van der Waals surface area contributed by atoms with Crippen molar-refractivity contribution in [3.63, 3.8) is 0 Å². The van der Waals surface area contributed by atoms with E-state index in [2.05, 4.69) is 10.6 Å². The Morgan fingerprint density at radius 2 is 1.82 bits per heavy atom. The molecule has 124 valence electrons. The van der Waals surface area contributed by atoms with Gasteiger partial charge in [0.15, 0.2) is 0 Å². The molecule has 0 aliphatic heterocycles. The van der Waals surface area contributed by atoms with Crippen molar-refractivity contribution in [1.82, 2.24) is 10.6 Å². The molecule has 0 saturated carbocycles. The number of carbonyl (C=O) groups excluding carboxylic acids is 1. The van der Waals surface area contributed by atoms with E-state index >= 15 is 0 Å². The van der Waals surface area contributed by atoms with Crippen LogP contribution in [0, 0.1) is 12.8 Å². The lowest BCUT2D eigenvalue weighted by atomic mass is 10.1. The SMILES string of the molecule is Cc1ccc(C(C)NC(=O)NCC(O)COCC(C)C)cc1. The first-order valence-corrected chi connectivity index (χ1v) is 7.75. The molecule has 22 heavy (non-hydrogen) atoms. The molecule has 5 heteroatoms. The van der Waals surface area contributed by atoms with E-state index in [0.717, 1.165) is 5.56 Å². The van der Waals surface area contributed by atoms with Crippen molar-refractivity contribution in [3.8, 4) is 0 Å². The Hall–Kier alpha value is -1.59. The van der Waals surface area contributed by atoms with Gasteiger partial charge in [0.2, 0.25) is 0 Å². The summed E-state index contributed by atoms with van der Waals surface area (Å²) in [5.74, 6) is 0.429. The summed E-state index contributed by atoms with van der Waals surface area (Å²) in [4.78, 5) is 11.8. The van der Waals surface area contributed by atoms with Crippen LogP contribution in [-0.2, 0) is 4.74 Å². The number of aryl methyl sites for hydroxylation is 1. The number of urea groups is 1. The van der Waals surface area contributed by atoms with Gasteiger partial charge in [0.05, 0.1) is 18.8 Å². The molecule has 2 atom stereocenters. The maximum atomic E-state index is 11.8. The number of amides is 2. The second kappa shape index (κ2) is 9.43. The molecule has 2 unspecified atom stereocenters. The van der Waals surface area contributed by atoms with Crippen molar-refractivity contribution in [2.45, 2.75) is 39.8 Å². The molecule has 0 bridgehead atoms. The summed E-state index contributed by atoms with van der Waals surface area (Å²) in [6.07, 6.45) is -0.695. The molecule has 1 aromatic rings. The summed E-state index contributed by atoms with van der Waals surface area (Å²) in [5.41, 5.74) is 2.23. The Balaban J connectivity index is 2.26. The van der Waals surface area contributed by atoms with Gasteiger partial charge in [0.1, 0.15) is 0 Å². The summed E-state index contributed by atoms with van der Waals surface area (Å²) < 4.78 is 5.33. The molecule has 3 N–H and O–H groups in total. The summed E-state index contributed by atoms with van der Waals surface area (Å²) in [6, 6.07) is 7.64. The predicted molar refractivity (Wildman–Crippen MR) is 87.8 cm³/mol. The minimum Gasteiger partial charge on any atom is -0.389 e. The highest BCUT2D eigenvalue weighted by molar-refractivity contribution is 5.74. The number of hydrogen-bond donors (Lipinski definition) is 3. The van der Waals surface area contributed by atoms with E-state index in [0.29, 0.717) is 12.5 Å². The molecule has 2 amide bonds. The molecule has 0 heterocycles. The lowest BCUT2D eigenvalue weighted by Crippen LogP contribution is -2.41. The van der Waals surface area contributed by atoms with Gasteiger partial charge in [-0.3, -0.25) is 0 Å². The van der Waals surface area contributed by atoms with E-state index in [9.17, 15) is 9.90 Å². The first-order chi connectivity index (χ1) is 10.4. The fourth-order valence-corrected chi connectivity index (χ4v) is 1.90. The minimum atomic E-state index is -0.695. The van der Waals surface area contributed by atoms with Crippen molar-refractivity contribution >= 4 is 6.03 Å². The number of carbonyl (C=O) groups is 1. The molecule has 1 rings (SSSR count). The molecule has 1 aromatic carbocycles. The highest BCUT2D eigenvalue weighted by Gasteiger charge is 2.11. The quantitative estimate of drug-likeness (QED) is 0.690. The maximum Gasteiger partial charge on any atom is 0.315 e. The fraction of sp³-hybridized carbons (Fsp3) is 0.588. The highest BCUT2D eigenvalue weighted by atomic mass is 16.5. The summed E-state index contributed by atoms with van der Waals surface area (Å²) in [6.45, 7) is 9.04. The Kier molecular flexibility index (Phi) is 7.91. The Morgan fingerprint density at radius 3 is 2.41 bits per heavy atom. The Bertz CT molecular complexity index is 446. The van der Waals surface area contributed by atoms with Gasteiger partial charge in [0.25, 0.3) is 0 Å². The zero-order chi connectivity index (χ0) is 16.5. The molecule has 0 fully saturated rings. The highest BCUT2D eigenvalue weighted by Crippen LogP contribution is 2.12. The smallest absolute Gasteiger partial charge is 0.315 e. The average Bonchev–Trinajstić information content (AvgIpc) is 2.45. The number of rotatable bonds is 8. The van der Waals surface area contributed by atoms with Crippen molar-refractivity contribution in [2.24, 2.45) is 5.92 Å². The van der Waals surface area contributed by atoms with E-state index in [1.54, 1.807) is 0 Å². The molecular formula is C17H28N2O3. The van der Waals surface area contributed by atoms with Crippen LogP contribution in [0.5, 0.6) is 0 Å². The fourth-order valence-electron chi connectivity index (χ4n) is 1.90. The molecule has 0 spiro atoms. The number of ether oxygens (including phenoxy) is 1. The van der Waals surface area contributed by atoms with Crippen LogP contribution in [0.3, 0.4) is 0 Å². The summed E-state index contributed by atoms with van der Waals surface area (Å²) >= 11 is 0. The van der Waals surface area contributed by atoms with Crippen molar-refractivity contribution in [3.05, 3.63) is 35.4 Å². The van der Waals surface area contributed by atoms with Crippen LogP contribution in [0.2, 0.25) is 0 Å². The van der Waals surface area contributed by atoms with Crippen LogP contribution in [-0.4, -0.2) is 37.0 Å². The third kappa shape index (κ3) is 7.43. The Labute approximate surface area is 133 Å². The standard InChI is InChI=1S/C17H28N2O3/c1-12(2)10-22-11-16(20)9-18-17(21)19-14(4)15-7-5-13(3)6-8-15/h5-8,12,14,16,20H,9-11H2,1-4H3,(H2,18,19,21). The second-order valence-electron chi connectivity index (χ2n) is 6.07. The summed E-state index contributed by atoms with van der Waals surface area (Å²) in [7, 11) is 0. The number of hydrogen-bond acceptors (Lipinski definition) is 3. The van der Waals surface area contributed by atoms with Gasteiger partial charge in [-0.15, -0.1) is 0 Å². The predicted octanol–water partition coefficient (Wildman–Crippen LogP) is 2.39. The van der Waals surface area contributed by atoms with E-state index in [1.807, 2.05) is 52.0 Å². The molecule has 0 radical (unpaired) electrons. The van der Waals surface area contributed by atoms with Crippen LogP contribution < -0.4 is 10.6 Å². The zero-order valence-electron chi connectivity index (χ0n) is 13.9. The largest absolute Gasteiger partial charge is 0.389 e. The average molecular weight is 308 g/mol. The van der Waals surface area contributed by atoms with Gasteiger partial charge < -0.3 is 20.5 Å². The van der Waals surface area contributed by atoms with Gasteiger partial charge >= 0.3 is 6.03 Å². The van der Waals surface area contributed by atoms with Gasteiger partial charge in [0, 0.05) is 13.2 Å². The molecule has 0 aliphatic rings. The zero-order valence-corrected chi connectivity index (χ0v) is 13.9. The monoisotopic (exact) mass is 308 g/mol. The second-order valence-corrected chi connectivity index (χ2v) is 6.07. The van der Waals surface area contributed by atoms with Crippen molar-refractivity contribution in [1.29, 1.82) is 0 Å². The third-order valence-corrected chi connectivity index (χ3v) is 3.18. The van der Waals surface area contributed by atoms with Crippen LogP contribution in [0.4, 0.5) is 4.79 Å². The number of aliphatic hydroxyl groups is 1. The number of aliphatic hydroxyl groups excluding tert-OH is 1. The molecule has 0 aliphatic carbocycles. The van der Waals surface area contributed by atoms with E-state index in [-0.39, 0.29) is 25.2 Å². The van der Waals surface area contributed by atoms with Gasteiger partial charge in [-0.25, -0.2) is 4.79 Å². The van der Waals surface area contributed by atoms with Crippen LogP contribution >= 0.6 is 0 Å². The normalized spacial score (nSPS) is 13.7. The number of nitrogens with one attached hydrogen (secondary N) is 2. The molecule has 0 aromatic heterocycles. The van der Waals surface area contributed by atoms with E-state index < -0.39 is 6.10 Å². The number of benzene rings is 1. The van der Waals surface area contributed by atoms with Crippen LogP contribution in [0.15, 0.2) is 24.3 Å². The molecular weight excluding hydrogens is 280 g/mol. The van der Waals surface area contributed by atoms with Crippen LogP contribution in [0.25, 0.3) is 0 Å². The molecule has 5 nitrogen and oxygen atoms in total. The summed E-state index contributed by atoms with van der Waals surface area (Å²) in [5, 5.41) is 15.2. The van der Waals surface area contributed by atoms with Gasteiger partial charge in [-0.2, -0.15) is 0 Å². The lowest BCUT2D eigenvalue weighted by molar-refractivity contribution is 0.0272. The van der Waals surface area contributed by atoms with Crippen molar-refractivity contribution < 1.29 is 14.6 Å². The first-order valence-electron chi connectivity index (χ1n) is 7.75. The Morgan fingerprint density at radius 1 is 1.18 bits per heavy atom. The minimum absolute atomic E-state index is 0.0880. The van der Waals surface area contributed by atoms with Crippen molar-refractivity contribution in [2.75, 3.05) is 19.8 Å². The topological polar surface area (TPSA) is 70.6 Å². The lowest BCUT2D eigenvalue weighted by Gasteiger charge is -2.17. The molecule has 0 saturated heterocycles. The van der Waals surface area contributed by atoms with E-state index in [4.69, 9.17) is 4.74 Å². The first kappa shape index (κ1) is 18.5. The van der Waals surface area contributed by atoms with Gasteiger partial charge in [-0.05, 0) is 25.3 Å². The van der Waals surface area contributed by atoms with Gasteiger partial charge in [-0.1, -0.05) is 43.7 Å². The van der Waals surface area contributed by atoms with E-state index in [1.165, 1.54) is 5.56 Å². The third-order valence-electron chi connectivity index (χ3n) is 3.18. The van der Waals surface area contributed by atoms with Crippen LogP contribution in [0.1, 0.15) is 37.9 Å². The maximum absolute atomic E-state index is 11.8.